The van der Waals surface area contributed by atoms with Gasteiger partial charge in [-0.3, -0.25) is 9.59 Å². The van der Waals surface area contributed by atoms with Gasteiger partial charge in [-0.1, -0.05) is 25.5 Å². The lowest BCUT2D eigenvalue weighted by atomic mass is 10.1. The summed E-state index contributed by atoms with van der Waals surface area (Å²) in [6.07, 6.45) is 2.15. The maximum absolute atomic E-state index is 13.5. The summed E-state index contributed by atoms with van der Waals surface area (Å²) in [6, 6.07) is 6.08. The molecule has 1 aromatic rings. The first-order valence-corrected chi connectivity index (χ1v) is 9.46. The normalized spacial score (nSPS) is 12.6. The number of rotatable bonds is 10. The van der Waals surface area contributed by atoms with Crippen molar-refractivity contribution >= 4 is 17.5 Å². The summed E-state index contributed by atoms with van der Waals surface area (Å²) in [7, 11) is 3.49. The van der Waals surface area contributed by atoms with Gasteiger partial charge in [0.15, 0.2) is 0 Å². The molecule has 0 aliphatic carbocycles. The fourth-order valence-electron chi connectivity index (χ4n) is 2.61. The first kappa shape index (κ1) is 23.5. The molecule has 154 valence electrons. The van der Waals surface area contributed by atoms with Gasteiger partial charge in [0, 0.05) is 19.3 Å². The van der Waals surface area contributed by atoms with Crippen LogP contribution >= 0.6 is 0 Å². The minimum Gasteiger partial charge on any atom is -0.358 e. The Balaban J connectivity index is 3.15. The van der Waals surface area contributed by atoms with Gasteiger partial charge in [-0.25, -0.2) is 9.38 Å². The average Bonchev–Trinajstić information content (AvgIpc) is 2.67. The van der Waals surface area contributed by atoms with Gasteiger partial charge in [0.2, 0.25) is 5.91 Å². The SMILES string of the molecule is CCCCN(C)C/C(C)=C(/N=C(C)c1cccc(F)c1)C(=O)NCC(=O)NC. The molecular formula is C21H31FN4O2. The summed E-state index contributed by atoms with van der Waals surface area (Å²) in [4.78, 5) is 30.8. The van der Waals surface area contributed by atoms with Crippen LogP contribution in [-0.4, -0.2) is 56.2 Å². The third-order valence-electron chi connectivity index (χ3n) is 4.23. The zero-order chi connectivity index (χ0) is 21.1. The molecule has 0 spiro atoms. The molecule has 0 aromatic heterocycles. The minimum atomic E-state index is -0.430. The fraction of sp³-hybridized carbons (Fsp3) is 0.476. The highest BCUT2D eigenvalue weighted by atomic mass is 19.1. The molecule has 0 radical (unpaired) electrons. The Morgan fingerprint density at radius 1 is 1.25 bits per heavy atom. The Bertz CT molecular complexity index is 744. The summed E-state index contributed by atoms with van der Waals surface area (Å²) in [5.41, 5.74) is 2.15. The number of benzene rings is 1. The van der Waals surface area contributed by atoms with E-state index in [0.717, 1.165) is 25.0 Å². The third kappa shape index (κ3) is 8.00. The van der Waals surface area contributed by atoms with E-state index in [2.05, 4.69) is 27.4 Å². The van der Waals surface area contributed by atoms with Crippen molar-refractivity contribution in [1.29, 1.82) is 0 Å². The summed E-state index contributed by atoms with van der Waals surface area (Å²) >= 11 is 0. The number of halogens is 1. The van der Waals surface area contributed by atoms with Crippen molar-refractivity contribution in [1.82, 2.24) is 15.5 Å². The number of nitrogens with one attached hydrogen (secondary N) is 2. The van der Waals surface area contributed by atoms with Gasteiger partial charge >= 0.3 is 0 Å². The largest absolute Gasteiger partial charge is 0.358 e. The molecule has 2 amide bonds. The molecule has 0 aliphatic heterocycles. The molecule has 0 fully saturated rings. The van der Waals surface area contributed by atoms with E-state index >= 15 is 0 Å². The number of carbonyl (C=O) groups is 2. The lowest BCUT2D eigenvalue weighted by molar-refractivity contribution is -0.124. The Hall–Kier alpha value is -2.54. The van der Waals surface area contributed by atoms with Crippen LogP contribution in [0.2, 0.25) is 0 Å². The zero-order valence-electron chi connectivity index (χ0n) is 17.4. The average molecular weight is 391 g/mol. The van der Waals surface area contributed by atoms with Gasteiger partial charge in [-0.15, -0.1) is 0 Å². The first-order valence-electron chi connectivity index (χ1n) is 9.46. The smallest absolute Gasteiger partial charge is 0.270 e. The van der Waals surface area contributed by atoms with Crippen LogP contribution in [0.1, 0.15) is 39.2 Å². The number of hydrogen-bond acceptors (Lipinski definition) is 4. The third-order valence-corrected chi connectivity index (χ3v) is 4.23. The van der Waals surface area contributed by atoms with E-state index < -0.39 is 5.91 Å². The van der Waals surface area contributed by atoms with Crippen molar-refractivity contribution in [2.75, 3.05) is 33.7 Å². The number of hydrogen-bond donors (Lipinski definition) is 2. The lowest BCUT2D eigenvalue weighted by Crippen LogP contribution is -2.36. The number of nitrogens with zero attached hydrogens (tertiary/aromatic N) is 2. The molecule has 1 rings (SSSR count). The quantitative estimate of drug-likeness (QED) is 0.476. The highest BCUT2D eigenvalue weighted by Crippen LogP contribution is 2.13. The van der Waals surface area contributed by atoms with Crippen LogP contribution in [0, 0.1) is 5.82 Å². The molecule has 0 heterocycles. The topological polar surface area (TPSA) is 73.8 Å². The highest BCUT2D eigenvalue weighted by Gasteiger charge is 2.15. The Labute approximate surface area is 166 Å². The van der Waals surface area contributed by atoms with Crippen LogP contribution in [0.15, 0.2) is 40.5 Å². The molecule has 0 aliphatic rings. The van der Waals surface area contributed by atoms with Crippen molar-refractivity contribution < 1.29 is 14.0 Å². The van der Waals surface area contributed by atoms with Crippen LogP contribution in [0.4, 0.5) is 4.39 Å². The Morgan fingerprint density at radius 3 is 2.57 bits per heavy atom. The van der Waals surface area contributed by atoms with Crippen molar-refractivity contribution in [3.8, 4) is 0 Å². The van der Waals surface area contributed by atoms with Crippen molar-refractivity contribution in [3.05, 3.63) is 46.9 Å². The van der Waals surface area contributed by atoms with Crippen LogP contribution in [0.5, 0.6) is 0 Å². The van der Waals surface area contributed by atoms with Gasteiger partial charge in [-0.05, 0) is 57.1 Å². The molecule has 1 aromatic carbocycles. The molecule has 0 saturated heterocycles. The standard InChI is InChI=1S/C21H31FN4O2/c1-6-7-11-26(5)14-15(2)20(21(28)24-13-19(27)23-4)25-16(3)17-9-8-10-18(22)12-17/h8-10,12H,6-7,11,13-14H2,1-5H3,(H,23,27)(H,24,28)/b20-15+,25-16?. The number of carbonyl (C=O) groups excluding carboxylic acids is 2. The molecule has 0 atom stereocenters. The predicted molar refractivity (Wildman–Crippen MR) is 111 cm³/mol. The van der Waals surface area contributed by atoms with Gasteiger partial charge in [0.25, 0.3) is 5.91 Å². The van der Waals surface area contributed by atoms with Crippen LogP contribution in [0.25, 0.3) is 0 Å². The monoisotopic (exact) mass is 390 g/mol. The second kappa shape index (κ2) is 12.0. The van der Waals surface area contributed by atoms with E-state index in [1.807, 2.05) is 14.0 Å². The summed E-state index contributed by atoms with van der Waals surface area (Å²) in [6.45, 7) is 7.05. The molecule has 6 nitrogen and oxygen atoms in total. The molecule has 28 heavy (non-hydrogen) atoms. The van der Waals surface area contributed by atoms with Gasteiger partial charge in [0.05, 0.1) is 6.54 Å². The highest BCUT2D eigenvalue weighted by molar-refractivity contribution is 6.04. The number of unbranched alkanes of at least 4 members (excludes halogenated alkanes) is 1. The molecular weight excluding hydrogens is 359 g/mol. The Morgan fingerprint density at radius 2 is 1.96 bits per heavy atom. The van der Waals surface area contributed by atoms with Crippen molar-refractivity contribution in [2.24, 2.45) is 4.99 Å². The molecule has 0 bridgehead atoms. The van der Waals surface area contributed by atoms with Gasteiger partial charge in [0.1, 0.15) is 11.5 Å². The van der Waals surface area contributed by atoms with Crippen molar-refractivity contribution in [2.45, 2.75) is 33.6 Å². The van der Waals surface area contributed by atoms with E-state index in [1.165, 1.54) is 19.2 Å². The van der Waals surface area contributed by atoms with Gasteiger partial charge in [-0.2, -0.15) is 0 Å². The second-order valence-electron chi connectivity index (χ2n) is 6.78. The zero-order valence-corrected chi connectivity index (χ0v) is 17.4. The van der Waals surface area contributed by atoms with E-state index in [-0.39, 0.29) is 24.0 Å². The Kier molecular flexibility index (Phi) is 10.1. The molecule has 0 unspecified atom stereocenters. The first-order chi connectivity index (χ1) is 13.3. The summed E-state index contributed by atoms with van der Waals surface area (Å²) < 4.78 is 13.5. The van der Waals surface area contributed by atoms with E-state index in [1.54, 1.807) is 19.1 Å². The lowest BCUT2D eigenvalue weighted by Gasteiger charge is -2.18. The second-order valence-corrected chi connectivity index (χ2v) is 6.78. The summed E-state index contributed by atoms with van der Waals surface area (Å²) in [5, 5.41) is 5.05. The van der Waals surface area contributed by atoms with Gasteiger partial charge < -0.3 is 15.5 Å². The minimum absolute atomic E-state index is 0.133. The molecule has 0 saturated carbocycles. The predicted octanol–water partition coefficient (Wildman–Crippen LogP) is 2.50. The maximum Gasteiger partial charge on any atom is 0.270 e. The van der Waals surface area contributed by atoms with Crippen molar-refractivity contribution in [3.63, 3.8) is 0 Å². The summed E-state index contributed by atoms with van der Waals surface area (Å²) in [5.74, 6) is -1.09. The van der Waals surface area contributed by atoms with E-state index in [9.17, 15) is 14.0 Å². The van der Waals surface area contributed by atoms with Crippen LogP contribution < -0.4 is 10.6 Å². The van der Waals surface area contributed by atoms with E-state index in [4.69, 9.17) is 0 Å². The van der Waals surface area contributed by atoms with Crippen LogP contribution in [-0.2, 0) is 9.59 Å². The number of amides is 2. The maximum atomic E-state index is 13.5. The molecule has 2 N–H and O–H groups in total. The van der Waals surface area contributed by atoms with Crippen LogP contribution in [0.3, 0.4) is 0 Å². The fourth-order valence-corrected chi connectivity index (χ4v) is 2.61. The van der Waals surface area contributed by atoms with E-state index in [0.29, 0.717) is 17.8 Å². The number of aliphatic imine (C=N–C) groups is 1. The molecule has 7 heteroatoms. The number of likely N-dealkylation sites (N-methyl/N-ethyl adjacent to an activating group) is 2.